The van der Waals surface area contributed by atoms with Gasteiger partial charge in [-0.3, -0.25) is 0 Å². The zero-order chi connectivity index (χ0) is 13.9. The van der Waals surface area contributed by atoms with Crippen LogP contribution in [0, 0.1) is 17.8 Å². The molecule has 1 heterocycles. The molecule has 0 unspecified atom stereocenters. The molecule has 0 aliphatic heterocycles. The summed E-state index contributed by atoms with van der Waals surface area (Å²) in [5.74, 6) is 3.05. The van der Waals surface area contributed by atoms with Crippen molar-refractivity contribution in [1.82, 2.24) is 10.3 Å². The Morgan fingerprint density at radius 3 is 2.45 bits per heavy atom. The summed E-state index contributed by atoms with van der Waals surface area (Å²) in [5, 5.41) is 4.86. The van der Waals surface area contributed by atoms with Crippen molar-refractivity contribution in [3.05, 3.63) is 11.1 Å². The van der Waals surface area contributed by atoms with E-state index in [2.05, 4.69) is 35.2 Å². The van der Waals surface area contributed by atoms with E-state index < -0.39 is 0 Å². The van der Waals surface area contributed by atoms with E-state index in [9.17, 15) is 0 Å². The third kappa shape index (κ3) is 3.53. The van der Waals surface area contributed by atoms with E-state index in [1.54, 1.807) is 0 Å². The Hall–Kier alpha value is -0.610. The molecule has 112 valence electrons. The summed E-state index contributed by atoms with van der Waals surface area (Å²) in [6, 6.07) is 0. The van der Waals surface area contributed by atoms with E-state index >= 15 is 0 Å². The van der Waals surface area contributed by atoms with Gasteiger partial charge >= 0.3 is 0 Å². The maximum Gasteiger partial charge on any atom is 0.185 e. The molecule has 0 atom stereocenters. The van der Waals surface area contributed by atoms with Crippen molar-refractivity contribution in [2.45, 2.75) is 46.1 Å². The first-order valence-electron chi connectivity index (χ1n) is 8.22. The highest BCUT2D eigenvalue weighted by Gasteiger charge is 2.40. The number of nitrogens with one attached hydrogen (secondary N) is 1. The summed E-state index contributed by atoms with van der Waals surface area (Å²) < 4.78 is 0. The summed E-state index contributed by atoms with van der Waals surface area (Å²) in [4.78, 5) is 8.25. The first-order chi connectivity index (χ1) is 9.81. The molecule has 1 aromatic heterocycles. The largest absolute Gasteiger partial charge is 0.349 e. The van der Waals surface area contributed by atoms with Crippen molar-refractivity contribution < 1.29 is 0 Å². The molecular weight excluding hydrogens is 266 g/mol. The first kappa shape index (κ1) is 14.3. The van der Waals surface area contributed by atoms with Gasteiger partial charge in [0.2, 0.25) is 0 Å². The number of rotatable bonds is 9. The van der Waals surface area contributed by atoms with Crippen molar-refractivity contribution in [3.8, 4) is 0 Å². The highest BCUT2D eigenvalue weighted by Crippen LogP contribution is 2.48. The van der Waals surface area contributed by atoms with Crippen LogP contribution in [-0.2, 0) is 6.54 Å². The van der Waals surface area contributed by atoms with Gasteiger partial charge in [0.15, 0.2) is 5.13 Å². The lowest BCUT2D eigenvalue weighted by atomic mass is 9.98. The summed E-state index contributed by atoms with van der Waals surface area (Å²) in [7, 11) is 0. The molecule has 2 fully saturated rings. The lowest BCUT2D eigenvalue weighted by Gasteiger charge is -2.16. The van der Waals surface area contributed by atoms with Crippen molar-refractivity contribution >= 4 is 16.5 Å². The maximum absolute atomic E-state index is 4.56. The van der Waals surface area contributed by atoms with Gasteiger partial charge in [-0.05, 0) is 63.8 Å². The topological polar surface area (TPSA) is 28.2 Å². The molecule has 2 aliphatic carbocycles. The van der Waals surface area contributed by atoms with Gasteiger partial charge in [0.05, 0.1) is 0 Å². The Kier molecular flexibility index (Phi) is 4.61. The monoisotopic (exact) mass is 293 g/mol. The van der Waals surface area contributed by atoms with E-state index in [0.29, 0.717) is 0 Å². The summed E-state index contributed by atoms with van der Waals surface area (Å²) in [6.07, 6.45) is 7.98. The molecule has 3 nitrogen and oxygen atoms in total. The van der Waals surface area contributed by atoms with E-state index in [-0.39, 0.29) is 0 Å². The Balaban J connectivity index is 1.46. The van der Waals surface area contributed by atoms with Crippen molar-refractivity contribution in [1.29, 1.82) is 0 Å². The normalized spacial score (nSPS) is 18.8. The predicted octanol–water partition coefficient (Wildman–Crippen LogP) is 3.52. The van der Waals surface area contributed by atoms with Crippen molar-refractivity contribution in [3.63, 3.8) is 0 Å². The third-order valence-electron chi connectivity index (χ3n) is 4.71. The Labute approximate surface area is 126 Å². The van der Waals surface area contributed by atoms with Crippen LogP contribution in [0.1, 0.15) is 44.4 Å². The van der Waals surface area contributed by atoms with Crippen LogP contribution in [-0.4, -0.2) is 24.6 Å². The number of thiazole rings is 1. The lowest BCUT2D eigenvalue weighted by Crippen LogP contribution is -2.25. The molecule has 0 spiro atoms. The summed E-state index contributed by atoms with van der Waals surface area (Å²) >= 11 is 1.84. The van der Waals surface area contributed by atoms with Gasteiger partial charge in [-0.25, -0.2) is 4.98 Å². The van der Waals surface area contributed by atoms with Gasteiger partial charge in [-0.2, -0.15) is 0 Å². The van der Waals surface area contributed by atoms with Crippen LogP contribution >= 0.6 is 11.3 Å². The molecule has 1 N–H and O–H groups in total. The van der Waals surface area contributed by atoms with Crippen molar-refractivity contribution in [2.75, 3.05) is 24.5 Å². The molecule has 2 saturated carbocycles. The second-order valence-corrected chi connectivity index (χ2v) is 7.34. The quantitative estimate of drug-likeness (QED) is 0.755. The summed E-state index contributed by atoms with van der Waals surface area (Å²) in [6.45, 7) is 8.69. The first-order valence-corrected chi connectivity index (χ1v) is 9.03. The fourth-order valence-corrected chi connectivity index (χ4v) is 4.16. The maximum atomic E-state index is 4.56. The lowest BCUT2D eigenvalue weighted by molar-refractivity contribution is 0.379. The standard InChI is InChI=1S/C16H27N3S/c1-3-19(4-2)16-18-10-14(20-16)9-17-11-15(12-5-6-12)13-7-8-13/h10,12-13,15,17H,3-9,11H2,1-2H3. The number of nitrogens with zero attached hydrogens (tertiary/aromatic N) is 2. The number of hydrogen-bond acceptors (Lipinski definition) is 4. The zero-order valence-electron chi connectivity index (χ0n) is 12.8. The van der Waals surface area contributed by atoms with Crippen LogP contribution in [0.3, 0.4) is 0 Å². The van der Waals surface area contributed by atoms with Gasteiger partial charge < -0.3 is 10.2 Å². The smallest absolute Gasteiger partial charge is 0.185 e. The molecule has 1 aromatic rings. The second kappa shape index (κ2) is 6.44. The van der Waals surface area contributed by atoms with Crippen LogP contribution in [0.25, 0.3) is 0 Å². The molecular formula is C16H27N3S. The third-order valence-corrected chi connectivity index (χ3v) is 5.77. The minimum absolute atomic E-state index is 0.963. The molecule has 4 heteroatoms. The average molecular weight is 293 g/mol. The van der Waals surface area contributed by atoms with E-state index in [1.807, 2.05) is 11.3 Å². The zero-order valence-corrected chi connectivity index (χ0v) is 13.6. The van der Waals surface area contributed by atoms with Crippen LogP contribution in [0.4, 0.5) is 5.13 Å². The van der Waals surface area contributed by atoms with Gasteiger partial charge in [0, 0.05) is 30.7 Å². The molecule has 0 radical (unpaired) electrons. The minimum Gasteiger partial charge on any atom is -0.349 e. The highest BCUT2D eigenvalue weighted by molar-refractivity contribution is 7.15. The summed E-state index contributed by atoms with van der Waals surface area (Å²) in [5.41, 5.74) is 0. The molecule has 2 aliphatic rings. The molecule has 0 amide bonds. The average Bonchev–Trinajstić information content (AvgIpc) is 3.37. The van der Waals surface area contributed by atoms with Gasteiger partial charge in [-0.15, -0.1) is 11.3 Å². The second-order valence-electron chi connectivity index (χ2n) is 6.25. The minimum atomic E-state index is 0.963. The molecule has 20 heavy (non-hydrogen) atoms. The number of anilines is 1. The van der Waals surface area contributed by atoms with Crippen LogP contribution < -0.4 is 10.2 Å². The van der Waals surface area contributed by atoms with E-state index in [4.69, 9.17) is 0 Å². The van der Waals surface area contributed by atoms with Gasteiger partial charge in [0.25, 0.3) is 0 Å². The molecule has 0 aromatic carbocycles. The van der Waals surface area contributed by atoms with E-state index in [0.717, 1.165) is 37.4 Å². The number of hydrogen-bond donors (Lipinski definition) is 1. The SMILES string of the molecule is CCN(CC)c1ncc(CNCC(C2CC2)C2CC2)s1. The fourth-order valence-electron chi connectivity index (χ4n) is 3.15. The molecule has 0 saturated heterocycles. The van der Waals surface area contributed by atoms with Crippen LogP contribution in [0.2, 0.25) is 0 Å². The fraction of sp³-hybridized carbons (Fsp3) is 0.812. The Morgan fingerprint density at radius 2 is 1.90 bits per heavy atom. The molecule has 0 bridgehead atoms. The predicted molar refractivity (Wildman–Crippen MR) is 86.3 cm³/mol. The van der Waals surface area contributed by atoms with Gasteiger partial charge in [-0.1, -0.05) is 0 Å². The highest BCUT2D eigenvalue weighted by atomic mass is 32.1. The van der Waals surface area contributed by atoms with Gasteiger partial charge in [0.1, 0.15) is 0 Å². The number of aromatic nitrogens is 1. The molecule has 3 rings (SSSR count). The Morgan fingerprint density at radius 1 is 1.25 bits per heavy atom. The van der Waals surface area contributed by atoms with Crippen LogP contribution in [0.5, 0.6) is 0 Å². The van der Waals surface area contributed by atoms with E-state index in [1.165, 1.54) is 42.2 Å². The van der Waals surface area contributed by atoms with Crippen molar-refractivity contribution in [2.24, 2.45) is 17.8 Å². The Bertz CT molecular complexity index is 407. The van der Waals surface area contributed by atoms with Crippen LogP contribution in [0.15, 0.2) is 6.20 Å².